The highest BCUT2D eigenvalue weighted by molar-refractivity contribution is 6.17. The first-order valence-corrected chi connectivity index (χ1v) is 6.70. The summed E-state index contributed by atoms with van der Waals surface area (Å²) in [5.41, 5.74) is 2.18. The number of aromatic nitrogens is 1. The number of nitrogens with zero attached hydrogens (tertiary/aromatic N) is 3. The van der Waals surface area contributed by atoms with Gasteiger partial charge in [0, 0.05) is 31.2 Å². The summed E-state index contributed by atoms with van der Waals surface area (Å²) >= 11 is 5.86. The van der Waals surface area contributed by atoms with Crippen molar-refractivity contribution >= 4 is 17.4 Å². The smallest absolute Gasteiger partial charge is 0.128 e. The average Bonchev–Trinajstić information content (AvgIpc) is 2.54. The van der Waals surface area contributed by atoms with E-state index in [9.17, 15) is 0 Å². The number of rotatable bonds is 2. The molecular formula is C13H20ClN3. The number of alkyl halides is 1. The molecule has 2 heterocycles. The second kappa shape index (κ2) is 5.69. The number of aryl methyl sites for hydroxylation is 1. The lowest BCUT2D eigenvalue weighted by Gasteiger charge is -2.22. The van der Waals surface area contributed by atoms with Crippen LogP contribution in [0.25, 0.3) is 0 Å². The van der Waals surface area contributed by atoms with Crippen LogP contribution in [0.1, 0.15) is 17.7 Å². The number of pyridine rings is 1. The van der Waals surface area contributed by atoms with Gasteiger partial charge in [0.15, 0.2) is 0 Å². The van der Waals surface area contributed by atoms with Crippen molar-refractivity contribution < 1.29 is 0 Å². The summed E-state index contributed by atoms with van der Waals surface area (Å²) in [5, 5.41) is 0. The van der Waals surface area contributed by atoms with Gasteiger partial charge in [-0.05, 0) is 38.6 Å². The molecule has 1 aliphatic rings. The van der Waals surface area contributed by atoms with Gasteiger partial charge in [0.25, 0.3) is 0 Å². The fourth-order valence-corrected chi connectivity index (χ4v) is 2.45. The van der Waals surface area contributed by atoms with Gasteiger partial charge in [-0.2, -0.15) is 0 Å². The van der Waals surface area contributed by atoms with E-state index in [0.29, 0.717) is 5.88 Å². The molecule has 0 radical (unpaired) electrons. The molecule has 4 heteroatoms. The van der Waals surface area contributed by atoms with Crippen LogP contribution < -0.4 is 4.90 Å². The molecule has 1 aromatic heterocycles. The minimum Gasteiger partial charge on any atom is -0.355 e. The van der Waals surface area contributed by atoms with Gasteiger partial charge in [0.1, 0.15) is 5.82 Å². The van der Waals surface area contributed by atoms with Gasteiger partial charge in [-0.3, -0.25) is 0 Å². The van der Waals surface area contributed by atoms with Gasteiger partial charge in [-0.15, -0.1) is 11.6 Å². The topological polar surface area (TPSA) is 19.4 Å². The Morgan fingerprint density at radius 1 is 1.24 bits per heavy atom. The second-order valence-electron chi connectivity index (χ2n) is 4.69. The molecule has 0 saturated carbocycles. The van der Waals surface area contributed by atoms with Gasteiger partial charge in [-0.1, -0.05) is 6.07 Å². The highest BCUT2D eigenvalue weighted by Crippen LogP contribution is 2.17. The van der Waals surface area contributed by atoms with Crippen LogP contribution >= 0.6 is 11.6 Å². The van der Waals surface area contributed by atoms with Crippen LogP contribution in [-0.2, 0) is 5.88 Å². The Hall–Kier alpha value is -0.800. The maximum absolute atomic E-state index is 5.86. The van der Waals surface area contributed by atoms with Crippen LogP contribution in [0.5, 0.6) is 0 Å². The van der Waals surface area contributed by atoms with Crippen LogP contribution in [0.4, 0.5) is 5.82 Å². The summed E-state index contributed by atoms with van der Waals surface area (Å²) in [7, 11) is 2.18. The maximum atomic E-state index is 5.86. The molecule has 0 unspecified atom stereocenters. The van der Waals surface area contributed by atoms with Crippen molar-refractivity contribution in [2.24, 2.45) is 0 Å². The predicted molar refractivity (Wildman–Crippen MR) is 72.9 cm³/mol. The van der Waals surface area contributed by atoms with Crippen molar-refractivity contribution in [2.75, 3.05) is 38.1 Å². The summed E-state index contributed by atoms with van der Waals surface area (Å²) < 4.78 is 0. The quantitative estimate of drug-likeness (QED) is 0.754. The number of hydrogen-bond acceptors (Lipinski definition) is 3. The van der Waals surface area contributed by atoms with E-state index in [-0.39, 0.29) is 0 Å². The number of hydrogen-bond donors (Lipinski definition) is 0. The Kier molecular flexibility index (Phi) is 4.24. The van der Waals surface area contributed by atoms with E-state index in [2.05, 4.69) is 34.0 Å². The van der Waals surface area contributed by atoms with Gasteiger partial charge in [0.05, 0.1) is 0 Å². The first kappa shape index (κ1) is 12.7. The highest BCUT2D eigenvalue weighted by Gasteiger charge is 2.14. The van der Waals surface area contributed by atoms with Crippen LogP contribution in [0, 0.1) is 6.92 Å². The monoisotopic (exact) mass is 253 g/mol. The lowest BCUT2D eigenvalue weighted by Crippen LogP contribution is -2.29. The molecule has 2 rings (SSSR count). The lowest BCUT2D eigenvalue weighted by atomic mass is 10.2. The Bertz CT molecular complexity index is 381. The van der Waals surface area contributed by atoms with Crippen LogP contribution in [0.2, 0.25) is 0 Å². The normalized spacial score (nSPS) is 18.2. The van der Waals surface area contributed by atoms with E-state index in [1.54, 1.807) is 0 Å². The van der Waals surface area contributed by atoms with E-state index < -0.39 is 0 Å². The van der Waals surface area contributed by atoms with Crippen LogP contribution in [-0.4, -0.2) is 43.1 Å². The van der Waals surface area contributed by atoms with Crippen molar-refractivity contribution in [3.8, 4) is 0 Å². The first-order chi connectivity index (χ1) is 8.20. The van der Waals surface area contributed by atoms with Gasteiger partial charge < -0.3 is 9.80 Å². The molecule has 0 spiro atoms. The van der Waals surface area contributed by atoms with Crippen molar-refractivity contribution in [1.82, 2.24) is 9.88 Å². The van der Waals surface area contributed by atoms with Crippen LogP contribution in [0.15, 0.2) is 12.1 Å². The van der Waals surface area contributed by atoms with E-state index in [1.807, 2.05) is 6.92 Å². The molecule has 1 saturated heterocycles. The van der Waals surface area contributed by atoms with E-state index >= 15 is 0 Å². The highest BCUT2D eigenvalue weighted by atomic mass is 35.5. The van der Waals surface area contributed by atoms with Crippen molar-refractivity contribution in [2.45, 2.75) is 19.2 Å². The molecule has 0 amide bonds. The molecule has 0 bridgehead atoms. The van der Waals surface area contributed by atoms with Crippen molar-refractivity contribution in [3.63, 3.8) is 0 Å². The molecule has 3 nitrogen and oxygen atoms in total. The lowest BCUT2D eigenvalue weighted by molar-refractivity contribution is 0.360. The van der Waals surface area contributed by atoms with Gasteiger partial charge >= 0.3 is 0 Å². The Morgan fingerprint density at radius 2 is 2.06 bits per heavy atom. The number of likely N-dealkylation sites (N-methyl/N-ethyl adjacent to an activating group) is 1. The third-order valence-corrected chi connectivity index (χ3v) is 3.66. The number of anilines is 1. The SMILES string of the molecule is Cc1nc(N2CCCN(C)CC2)ccc1CCl. The second-order valence-corrected chi connectivity index (χ2v) is 4.96. The third-order valence-electron chi connectivity index (χ3n) is 3.37. The largest absolute Gasteiger partial charge is 0.355 e. The zero-order valence-electron chi connectivity index (χ0n) is 10.6. The molecule has 0 aromatic carbocycles. The Balaban J connectivity index is 2.13. The molecule has 1 aromatic rings. The van der Waals surface area contributed by atoms with Crippen molar-refractivity contribution in [3.05, 3.63) is 23.4 Å². The summed E-state index contributed by atoms with van der Waals surface area (Å²) in [6.45, 7) is 6.47. The van der Waals surface area contributed by atoms with Crippen LogP contribution in [0.3, 0.4) is 0 Å². The molecule has 0 atom stereocenters. The minimum atomic E-state index is 0.544. The molecule has 1 aliphatic heterocycles. The first-order valence-electron chi connectivity index (χ1n) is 6.16. The van der Waals surface area contributed by atoms with E-state index in [0.717, 1.165) is 36.7 Å². The summed E-state index contributed by atoms with van der Waals surface area (Å²) in [6, 6.07) is 4.19. The molecule has 94 valence electrons. The predicted octanol–water partition coefficient (Wildman–Crippen LogP) is 2.27. The number of halogens is 1. The third kappa shape index (κ3) is 3.11. The maximum Gasteiger partial charge on any atom is 0.128 e. The zero-order valence-corrected chi connectivity index (χ0v) is 11.4. The van der Waals surface area contributed by atoms with Gasteiger partial charge in [0.2, 0.25) is 0 Å². The average molecular weight is 254 g/mol. The standard InChI is InChI=1S/C13H20ClN3/c1-11-12(10-14)4-5-13(15-11)17-7-3-6-16(2)8-9-17/h4-5H,3,6-10H2,1-2H3. The summed E-state index contributed by atoms with van der Waals surface area (Å²) in [6.07, 6.45) is 1.20. The molecular weight excluding hydrogens is 234 g/mol. The minimum absolute atomic E-state index is 0.544. The van der Waals surface area contributed by atoms with E-state index in [4.69, 9.17) is 11.6 Å². The Labute approximate surface area is 108 Å². The molecule has 0 N–H and O–H groups in total. The van der Waals surface area contributed by atoms with Gasteiger partial charge in [-0.25, -0.2) is 4.98 Å². The molecule has 0 aliphatic carbocycles. The molecule has 17 heavy (non-hydrogen) atoms. The summed E-state index contributed by atoms with van der Waals surface area (Å²) in [5.74, 6) is 1.63. The molecule has 1 fully saturated rings. The van der Waals surface area contributed by atoms with Crippen molar-refractivity contribution in [1.29, 1.82) is 0 Å². The fourth-order valence-electron chi connectivity index (χ4n) is 2.17. The zero-order chi connectivity index (χ0) is 12.3. The summed E-state index contributed by atoms with van der Waals surface area (Å²) in [4.78, 5) is 9.40. The fraction of sp³-hybridized carbons (Fsp3) is 0.615. The van der Waals surface area contributed by atoms with E-state index in [1.165, 1.54) is 13.0 Å². The Morgan fingerprint density at radius 3 is 2.76 bits per heavy atom.